The van der Waals surface area contributed by atoms with Gasteiger partial charge < -0.3 is 9.88 Å². The molecule has 4 heteroatoms. The molecule has 2 aromatic rings. The Balaban J connectivity index is 1.64. The van der Waals surface area contributed by atoms with Gasteiger partial charge in [0.2, 0.25) is 0 Å². The van der Waals surface area contributed by atoms with Crippen LogP contribution in [0.3, 0.4) is 0 Å². The molecule has 1 aliphatic rings. The van der Waals surface area contributed by atoms with Crippen molar-refractivity contribution in [3.63, 3.8) is 0 Å². The summed E-state index contributed by atoms with van der Waals surface area (Å²) in [5, 5.41) is 12.2. The van der Waals surface area contributed by atoms with Crippen LogP contribution in [0, 0.1) is 0 Å². The van der Waals surface area contributed by atoms with Crippen LogP contribution < -0.4 is 5.32 Å². The van der Waals surface area contributed by atoms with Gasteiger partial charge in [0.05, 0.1) is 6.54 Å². The molecule has 118 valence electrons. The Kier molecular flexibility index (Phi) is 4.76. The number of benzene rings is 1. The molecule has 22 heavy (non-hydrogen) atoms. The molecule has 1 aromatic heterocycles. The van der Waals surface area contributed by atoms with Crippen molar-refractivity contribution in [3.8, 4) is 0 Å². The normalized spacial score (nSPS) is 15.9. The van der Waals surface area contributed by atoms with Crippen LogP contribution in [-0.4, -0.2) is 14.8 Å². The van der Waals surface area contributed by atoms with E-state index in [-0.39, 0.29) is 0 Å². The minimum atomic E-state index is 0.626. The summed E-state index contributed by atoms with van der Waals surface area (Å²) < 4.78 is 2.30. The van der Waals surface area contributed by atoms with E-state index in [1.807, 2.05) is 0 Å². The van der Waals surface area contributed by atoms with Crippen LogP contribution in [-0.2, 0) is 19.5 Å². The minimum Gasteiger partial charge on any atom is -0.378 e. The highest BCUT2D eigenvalue weighted by molar-refractivity contribution is 5.45. The fraction of sp³-hybridized carbons (Fsp3) is 0.556. The van der Waals surface area contributed by atoms with E-state index in [1.54, 1.807) is 0 Å². The average Bonchev–Trinajstić information content (AvgIpc) is 2.79. The van der Waals surface area contributed by atoms with Crippen molar-refractivity contribution in [1.29, 1.82) is 0 Å². The van der Waals surface area contributed by atoms with Crippen LogP contribution in [0.2, 0.25) is 0 Å². The third kappa shape index (κ3) is 3.32. The molecule has 0 fully saturated rings. The third-order valence-electron chi connectivity index (χ3n) is 4.73. The first-order valence-electron chi connectivity index (χ1n) is 8.52. The third-order valence-corrected chi connectivity index (χ3v) is 4.73. The SMILES string of the molecule is CC[C@H](C)c1ccc(NCc2nnc3n2CCCCC3)cc1. The number of aromatic nitrogens is 3. The lowest BCUT2D eigenvalue weighted by Crippen LogP contribution is -2.10. The predicted molar refractivity (Wildman–Crippen MR) is 90.1 cm³/mol. The van der Waals surface area contributed by atoms with Gasteiger partial charge in [-0.2, -0.15) is 0 Å². The van der Waals surface area contributed by atoms with Gasteiger partial charge in [-0.3, -0.25) is 0 Å². The molecule has 2 heterocycles. The lowest BCUT2D eigenvalue weighted by Gasteiger charge is -2.11. The van der Waals surface area contributed by atoms with Gasteiger partial charge in [-0.1, -0.05) is 32.4 Å². The van der Waals surface area contributed by atoms with Gasteiger partial charge in [0, 0.05) is 18.7 Å². The van der Waals surface area contributed by atoms with Gasteiger partial charge in [-0.25, -0.2) is 0 Å². The van der Waals surface area contributed by atoms with Crippen molar-refractivity contribution < 1.29 is 0 Å². The first kappa shape index (κ1) is 15.1. The Morgan fingerprint density at radius 3 is 2.73 bits per heavy atom. The molecule has 0 saturated heterocycles. The minimum absolute atomic E-state index is 0.626. The molecule has 0 amide bonds. The van der Waals surface area contributed by atoms with Gasteiger partial charge in [0.1, 0.15) is 5.82 Å². The Labute approximate surface area is 133 Å². The first-order chi connectivity index (χ1) is 10.8. The van der Waals surface area contributed by atoms with Gasteiger partial charge >= 0.3 is 0 Å². The maximum atomic E-state index is 4.36. The van der Waals surface area contributed by atoms with Crippen LogP contribution in [0.1, 0.15) is 62.7 Å². The van der Waals surface area contributed by atoms with Crippen molar-refractivity contribution in [1.82, 2.24) is 14.8 Å². The molecule has 3 rings (SSSR count). The summed E-state index contributed by atoms with van der Waals surface area (Å²) >= 11 is 0. The average molecular weight is 298 g/mol. The second-order valence-corrected chi connectivity index (χ2v) is 6.28. The number of anilines is 1. The number of fused-ring (bicyclic) bond motifs is 1. The number of aryl methyl sites for hydroxylation is 1. The highest BCUT2D eigenvalue weighted by Crippen LogP contribution is 2.21. The van der Waals surface area contributed by atoms with Gasteiger partial charge in [0.15, 0.2) is 5.82 Å². The Bertz CT molecular complexity index is 600. The number of hydrogen-bond acceptors (Lipinski definition) is 3. The van der Waals surface area contributed by atoms with E-state index in [0.717, 1.165) is 36.8 Å². The molecule has 1 aromatic carbocycles. The molecular weight excluding hydrogens is 272 g/mol. The van der Waals surface area contributed by atoms with E-state index in [1.165, 1.54) is 31.2 Å². The fourth-order valence-electron chi connectivity index (χ4n) is 3.02. The maximum Gasteiger partial charge on any atom is 0.152 e. The molecule has 1 aliphatic heterocycles. The monoisotopic (exact) mass is 298 g/mol. The zero-order valence-electron chi connectivity index (χ0n) is 13.7. The van der Waals surface area contributed by atoms with E-state index in [0.29, 0.717) is 5.92 Å². The summed E-state index contributed by atoms with van der Waals surface area (Å²) in [5.41, 5.74) is 2.56. The van der Waals surface area contributed by atoms with E-state index < -0.39 is 0 Å². The molecule has 4 nitrogen and oxygen atoms in total. The molecule has 1 atom stereocenters. The molecule has 0 bridgehead atoms. The summed E-state index contributed by atoms with van der Waals surface area (Å²) in [6.45, 7) is 6.31. The zero-order valence-corrected chi connectivity index (χ0v) is 13.7. The van der Waals surface area contributed by atoms with E-state index in [2.05, 4.69) is 58.2 Å². The van der Waals surface area contributed by atoms with Crippen LogP contribution in [0.25, 0.3) is 0 Å². The molecular formula is C18H26N4. The van der Waals surface area contributed by atoms with Crippen LogP contribution in [0.15, 0.2) is 24.3 Å². The number of rotatable bonds is 5. The van der Waals surface area contributed by atoms with Gasteiger partial charge in [-0.05, 0) is 42.9 Å². The summed E-state index contributed by atoms with van der Waals surface area (Å²) in [6, 6.07) is 8.78. The molecule has 0 saturated carbocycles. The largest absolute Gasteiger partial charge is 0.378 e. The lowest BCUT2D eigenvalue weighted by atomic mass is 9.99. The standard InChI is InChI=1S/C18H26N4/c1-3-14(2)15-8-10-16(11-9-15)19-13-18-21-20-17-7-5-4-6-12-22(17)18/h8-11,14,19H,3-7,12-13H2,1-2H3/t14-/m0/s1. The zero-order chi connectivity index (χ0) is 15.4. The first-order valence-corrected chi connectivity index (χ1v) is 8.52. The summed E-state index contributed by atoms with van der Waals surface area (Å²) in [6.07, 6.45) is 6.02. The fourth-order valence-corrected chi connectivity index (χ4v) is 3.02. The van der Waals surface area contributed by atoms with Crippen molar-refractivity contribution >= 4 is 5.69 Å². The highest BCUT2D eigenvalue weighted by atomic mass is 15.3. The Morgan fingerprint density at radius 2 is 1.95 bits per heavy atom. The quantitative estimate of drug-likeness (QED) is 0.902. The topological polar surface area (TPSA) is 42.7 Å². The van der Waals surface area contributed by atoms with E-state index in [9.17, 15) is 0 Å². The molecule has 0 aliphatic carbocycles. The van der Waals surface area contributed by atoms with E-state index in [4.69, 9.17) is 0 Å². The van der Waals surface area contributed by atoms with Crippen molar-refractivity contribution in [2.24, 2.45) is 0 Å². The number of hydrogen-bond donors (Lipinski definition) is 1. The van der Waals surface area contributed by atoms with Crippen molar-refractivity contribution in [2.45, 2.75) is 65.0 Å². The molecule has 0 unspecified atom stereocenters. The van der Waals surface area contributed by atoms with Gasteiger partial charge in [0.25, 0.3) is 0 Å². The lowest BCUT2D eigenvalue weighted by molar-refractivity contribution is 0.610. The number of nitrogens with zero attached hydrogens (tertiary/aromatic N) is 3. The summed E-state index contributed by atoms with van der Waals surface area (Å²) in [5.74, 6) is 2.84. The van der Waals surface area contributed by atoms with Crippen LogP contribution >= 0.6 is 0 Å². The highest BCUT2D eigenvalue weighted by Gasteiger charge is 2.14. The van der Waals surface area contributed by atoms with E-state index >= 15 is 0 Å². The van der Waals surface area contributed by atoms with Gasteiger partial charge in [-0.15, -0.1) is 10.2 Å². The second-order valence-electron chi connectivity index (χ2n) is 6.28. The molecule has 0 radical (unpaired) electrons. The smallest absolute Gasteiger partial charge is 0.152 e. The Hall–Kier alpha value is -1.84. The van der Waals surface area contributed by atoms with Crippen LogP contribution in [0.4, 0.5) is 5.69 Å². The number of nitrogens with one attached hydrogen (secondary N) is 1. The Morgan fingerprint density at radius 1 is 1.14 bits per heavy atom. The summed E-state index contributed by atoms with van der Waals surface area (Å²) in [7, 11) is 0. The summed E-state index contributed by atoms with van der Waals surface area (Å²) in [4.78, 5) is 0. The molecule has 0 spiro atoms. The van der Waals surface area contributed by atoms with Crippen molar-refractivity contribution in [3.05, 3.63) is 41.5 Å². The predicted octanol–water partition coefficient (Wildman–Crippen LogP) is 4.13. The van der Waals surface area contributed by atoms with Crippen molar-refractivity contribution in [2.75, 3.05) is 5.32 Å². The second kappa shape index (κ2) is 6.95. The maximum absolute atomic E-state index is 4.36. The van der Waals surface area contributed by atoms with Crippen LogP contribution in [0.5, 0.6) is 0 Å². The molecule has 1 N–H and O–H groups in total.